The van der Waals surface area contributed by atoms with E-state index in [0.717, 1.165) is 25.9 Å². The van der Waals surface area contributed by atoms with Crippen LogP contribution in [0.2, 0.25) is 0 Å². The fourth-order valence-electron chi connectivity index (χ4n) is 2.45. The van der Waals surface area contributed by atoms with E-state index >= 15 is 0 Å². The van der Waals surface area contributed by atoms with Gasteiger partial charge in [0.25, 0.3) is 0 Å². The van der Waals surface area contributed by atoms with E-state index in [4.69, 9.17) is 4.74 Å². The van der Waals surface area contributed by atoms with Crippen LogP contribution in [-0.2, 0) is 16.0 Å². The van der Waals surface area contributed by atoms with Gasteiger partial charge in [0.1, 0.15) is 5.78 Å². The van der Waals surface area contributed by atoms with E-state index in [1.807, 2.05) is 18.2 Å². The van der Waals surface area contributed by atoms with E-state index in [0.29, 0.717) is 24.7 Å². The highest BCUT2D eigenvalue weighted by atomic mass is 16.5. The van der Waals surface area contributed by atoms with Gasteiger partial charge in [0.05, 0.1) is 6.10 Å². The Hall–Kier alpha value is -1.15. The third-order valence-electron chi connectivity index (χ3n) is 3.54. The summed E-state index contributed by atoms with van der Waals surface area (Å²) in [7, 11) is 0. The zero-order chi connectivity index (χ0) is 12.6. The second-order valence-electron chi connectivity index (χ2n) is 5.05. The molecule has 0 saturated carbocycles. The topological polar surface area (TPSA) is 26.3 Å². The Morgan fingerprint density at radius 1 is 1.22 bits per heavy atom. The van der Waals surface area contributed by atoms with Crippen LogP contribution in [0.3, 0.4) is 0 Å². The SMILES string of the molecule is O=C(CCCC1CCCO1)CCc1ccccc1. The molecule has 2 rings (SSSR count). The van der Waals surface area contributed by atoms with Crippen LogP contribution in [0.25, 0.3) is 0 Å². The Labute approximate surface area is 109 Å². The molecule has 1 fully saturated rings. The van der Waals surface area contributed by atoms with Gasteiger partial charge in [-0.05, 0) is 37.7 Å². The Kier molecular flexibility index (Phi) is 5.40. The molecule has 0 radical (unpaired) electrons. The maximum absolute atomic E-state index is 11.7. The minimum Gasteiger partial charge on any atom is -0.378 e. The van der Waals surface area contributed by atoms with Crippen molar-refractivity contribution in [3.05, 3.63) is 35.9 Å². The fourth-order valence-corrected chi connectivity index (χ4v) is 2.45. The molecule has 1 atom stereocenters. The van der Waals surface area contributed by atoms with Gasteiger partial charge < -0.3 is 4.74 Å². The normalized spacial score (nSPS) is 19.0. The third-order valence-corrected chi connectivity index (χ3v) is 3.54. The molecule has 1 saturated heterocycles. The van der Waals surface area contributed by atoms with Crippen molar-refractivity contribution in [2.24, 2.45) is 0 Å². The number of hydrogen-bond acceptors (Lipinski definition) is 2. The van der Waals surface area contributed by atoms with Crippen molar-refractivity contribution in [1.29, 1.82) is 0 Å². The van der Waals surface area contributed by atoms with Gasteiger partial charge in [0, 0.05) is 19.4 Å². The predicted molar refractivity (Wildman–Crippen MR) is 72.6 cm³/mol. The molecule has 1 heterocycles. The minimum absolute atomic E-state index is 0.386. The molecular weight excluding hydrogens is 224 g/mol. The molecule has 98 valence electrons. The summed E-state index contributed by atoms with van der Waals surface area (Å²) < 4.78 is 5.55. The summed E-state index contributed by atoms with van der Waals surface area (Å²) in [5.74, 6) is 0.386. The Morgan fingerprint density at radius 3 is 2.78 bits per heavy atom. The summed E-state index contributed by atoms with van der Waals surface area (Å²) in [6.07, 6.45) is 7.09. The zero-order valence-electron chi connectivity index (χ0n) is 10.9. The highest BCUT2D eigenvalue weighted by molar-refractivity contribution is 5.78. The molecule has 0 spiro atoms. The van der Waals surface area contributed by atoms with Crippen molar-refractivity contribution in [2.45, 2.75) is 51.0 Å². The number of carbonyl (C=O) groups excluding carboxylic acids is 1. The van der Waals surface area contributed by atoms with E-state index in [2.05, 4.69) is 12.1 Å². The van der Waals surface area contributed by atoms with Gasteiger partial charge in [-0.15, -0.1) is 0 Å². The number of ether oxygens (including phenoxy) is 1. The summed E-state index contributed by atoms with van der Waals surface area (Å²) in [5, 5.41) is 0. The Morgan fingerprint density at radius 2 is 2.06 bits per heavy atom. The van der Waals surface area contributed by atoms with Gasteiger partial charge in [-0.3, -0.25) is 4.79 Å². The highest BCUT2D eigenvalue weighted by Gasteiger charge is 2.15. The molecular formula is C16H22O2. The average Bonchev–Trinajstić information content (AvgIpc) is 2.91. The molecule has 18 heavy (non-hydrogen) atoms. The maximum Gasteiger partial charge on any atom is 0.133 e. The maximum atomic E-state index is 11.7. The van der Waals surface area contributed by atoms with Gasteiger partial charge >= 0.3 is 0 Å². The van der Waals surface area contributed by atoms with E-state index < -0.39 is 0 Å². The highest BCUT2D eigenvalue weighted by Crippen LogP contribution is 2.18. The average molecular weight is 246 g/mol. The summed E-state index contributed by atoms with van der Waals surface area (Å²) in [6.45, 7) is 0.909. The van der Waals surface area contributed by atoms with Gasteiger partial charge in [0.2, 0.25) is 0 Å². The lowest BCUT2D eigenvalue weighted by Gasteiger charge is -2.08. The first-order valence-electron chi connectivity index (χ1n) is 7.02. The first-order valence-corrected chi connectivity index (χ1v) is 7.02. The summed E-state index contributed by atoms with van der Waals surface area (Å²) in [6, 6.07) is 10.2. The Bertz CT molecular complexity index is 353. The van der Waals surface area contributed by atoms with Crippen LogP contribution in [0.15, 0.2) is 30.3 Å². The molecule has 1 aromatic carbocycles. The zero-order valence-corrected chi connectivity index (χ0v) is 10.9. The van der Waals surface area contributed by atoms with Crippen molar-refractivity contribution in [3.63, 3.8) is 0 Å². The van der Waals surface area contributed by atoms with Crippen molar-refractivity contribution < 1.29 is 9.53 Å². The van der Waals surface area contributed by atoms with Crippen molar-refractivity contribution in [3.8, 4) is 0 Å². The van der Waals surface area contributed by atoms with Gasteiger partial charge in [-0.2, -0.15) is 0 Å². The Balaban J connectivity index is 1.57. The van der Waals surface area contributed by atoms with Crippen molar-refractivity contribution in [1.82, 2.24) is 0 Å². The van der Waals surface area contributed by atoms with Crippen LogP contribution in [0.4, 0.5) is 0 Å². The molecule has 0 bridgehead atoms. The second-order valence-corrected chi connectivity index (χ2v) is 5.05. The number of hydrogen-bond donors (Lipinski definition) is 0. The lowest BCUT2D eigenvalue weighted by atomic mass is 10.0. The molecule has 0 aliphatic carbocycles. The number of aryl methyl sites for hydroxylation is 1. The first-order chi connectivity index (χ1) is 8.84. The molecule has 1 aliphatic heterocycles. The van der Waals surface area contributed by atoms with Crippen LogP contribution in [-0.4, -0.2) is 18.5 Å². The number of benzene rings is 1. The minimum atomic E-state index is 0.386. The number of rotatable bonds is 7. The van der Waals surface area contributed by atoms with Crippen LogP contribution in [0, 0.1) is 0 Å². The molecule has 2 nitrogen and oxygen atoms in total. The molecule has 0 aromatic heterocycles. The van der Waals surface area contributed by atoms with E-state index in [1.54, 1.807) is 0 Å². The summed E-state index contributed by atoms with van der Waals surface area (Å²) in [4.78, 5) is 11.7. The summed E-state index contributed by atoms with van der Waals surface area (Å²) >= 11 is 0. The van der Waals surface area contributed by atoms with Crippen LogP contribution >= 0.6 is 0 Å². The quantitative estimate of drug-likeness (QED) is 0.735. The van der Waals surface area contributed by atoms with Gasteiger partial charge in [0.15, 0.2) is 0 Å². The van der Waals surface area contributed by atoms with Crippen LogP contribution < -0.4 is 0 Å². The standard InChI is InChI=1S/C16H22O2/c17-15(8-4-9-16-10-5-13-18-16)12-11-14-6-2-1-3-7-14/h1-3,6-7,16H,4-5,8-13H2. The van der Waals surface area contributed by atoms with Gasteiger partial charge in [-0.1, -0.05) is 30.3 Å². The van der Waals surface area contributed by atoms with E-state index in [1.165, 1.54) is 18.4 Å². The lowest BCUT2D eigenvalue weighted by molar-refractivity contribution is -0.119. The molecule has 2 heteroatoms. The largest absolute Gasteiger partial charge is 0.378 e. The molecule has 0 amide bonds. The van der Waals surface area contributed by atoms with Crippen LogP contribution in [0.5, 0.6) is 0 Å². The monoisotopic (exact) mass is 246 g/mol. The second kappa shape index (κ2) is 7.32. The molecule has 1 aromatic rings. The summed E-state index contributed by atoms with van der Waals surface area (Å²) in [5.41, 5.74) is 1.25. The molecule has 1 aliphatic rings. The van der Waals surface area contributed by atoms with Gasteiger partial charge in [-0.25, -0.2) is 0 Å². The predicted octanol–water partition coefficient (Wildman–Crippen LogP) is 3.54. The lowest BCUT2D eigenvalue weighted by Crippen LogP contribution is -2.06. The number of ketones is 1. The first kappa shape index (κ1) is 13.3. The van der Waals surface area contributed by atoms with Crippen molar-refractivity contribution >= 4 is 5.78 Å². The van der Waals surface area contributed by atoms with Crippen LogP contribution in [0.1, 0.15) is 44.1 Å². The number of Topliss-reactive ketones (excluding diaryl/α,β-unsaturated/α-hetero) is 1. The van der Waals surface area contributed by atoms with E-state index in [-0.39, 0.29) is 0 Å². The molecule has 1 unspecified atom stereocenters. The number of carbonyl (C=O) groups is 1. The third kappa shape index (κ3) is 4.61. The molecule has 0 N–H and O–H groups in total. The van der Waals surface area contributed by atoms with E-state index in [9.17, 15) is 4.79 Å². The fraction of sp³-hybridized carbons (Fsp3) is 0.562. The smallest absolute Gasteiger partial charge is 0.133 e. The van der Waals surface area contributed by atoms with Crippen molar-refractivity contribution in [2.75, 3.05) is 6.61 Å².